The molecule has 0 spiro atoms. The molecule has 0 atom stereocenters. The highest BCUT2D eigenvalue weighted by molar-refractivity contribution is 5.97. The summed E-state index contributed by atoms with van der Waals surface area (Å²) in [6.07, 6.45) is 5.41. The fourth-order valence-corrected chi connectivity index (χ4v) is 3.39. The van der Waals surface area contributed by atoms with Gasteiger partial charge in [0.05, 0.1) is 5.56 Å². The number of pyridine rings is 1. The van der Waals surface area contributed by atoms with Crippen molar-refractivity contribution in [3.05, 3.63) is 101 Å². The Kier molecular flexibility index (Phi) is 7.74. The van der Waals surface area contributed by atoms with Gasteiger partial charge < -0.3 is 16.8 Å². The summed E-state index contributed by atoms with van der Waals surface area (Å²) in [6, 6.07) is 20.4. The van der Waals surface area contributed by atoms with Crippen LogP contribution >= 0.6 is 0 Å². The molecule has 3 aromatic rings. The number of hydrogen-bond acceptors (Lipinski definition) is 5. The summed E-state index contributed by atoms with van der Waals surface area (Å²) < 4.78 is 0. The maximum absolute atomic E-state index is 9.30. The zero-order valence-corrected chi connectivity index (χ0v) is 18.9. The molecule has 166 valence electrons. The van der Waals surface area contributed by atoms with E-state index in [0.29, 0.717) is 17.7 Å². The second-order valence-electron chi connectivity index (χ2n) is 7.68. The van der Waals surface area contributed by atoms with Gasteiger partial charge >= 0.3 is 0 Å². The number of rotatable bonds is 8. The molecule has 1 aromatic heterocycles. The second-order valence-corrected chi connectivity index (χ2v) is 7.68. The number of nitrogens with two attached hydrogens (primary N) is 2. The Labute approximate surface area is 194 Å². The molecule has 6 N–H and O–H groups in total. The molecule has 33 heavy (non-hydrogen) atoms. The molecule has 0 amide bonds. The molecule has 0 saturated heterocycles. The van der Waals surface area contributed by atoms with Crippen molar-refractivity contribution in [2.75, 3.05) is 11.9 Å². The summed E-state index contributed by atoms with van der Waals surface area (Å²) in [7, 11) is 0. The first kappa shape index (κ1) is 23.5. The van der Waals surface area contributed by atoms with E-state index in [2.05, 4.69) is 16.4 Å². The minimum atomic E-state index is -0.0167. The standard InChI is InChI=1S/C27H28N6/c1-3-21(13-24(15-29)26(30)31)22-10-6-19(7-11-22)16-32-27-25(12-20(14-28)17-33-27)23-8-4-18(2)5-9-23/h3-13,17H,15-16,29H2,1-2H3,(H3,30,31)(H,32,33)/b21-3+,24-13+. The van der Waals surface area contributed by atoms with Crippen LogP contribution in [-0.4, -0.2) is 17.4 Å². The topological polar surface area (TPSA) is 125 Å². The Hall–Kier alpha value is -4.21. The predicted molar refractivity (Wildman–Crippen MR) is 136 cm³/mol. The van der Waals surface area contributed by atoms with E-state index < -0.39 is 0 Å². The van der Waals surface area contributed by atoms with Gasteiger partial charge in [-0.2, -0.15) is 5.26 Å². The Morgan fingerprint density at radius 2 is 1.85 bits per heavy atom. The van der Waals surface area contributed by atoms with Gasteiger partial charge in [0, 0.05) is 30.4 Å². The van der Waals surface area contributed by atoms with E-state index in [0.717, 1.165) is 33.6 Å². The van der Waals surface area contributed by atoms with Crippen molar-refractivity contribution < 1.29 is 0 Å². The van der Waals surface area contributed by atoms with Crippen molar-refractivity contribution in [3.63, 3.8) is 0 Å². The number of aromatic nitrogens is 1. The number of hydrogen-bond donors (Lipinski definition) is 4. The van der Waals surface area contributed by atoms with E-state index in [4.69, 9.17) is 16.9 Å². The Balaban J connectivity index is 1.80. The molecule has 1 heterocycles. The molecule has 0 unspecified atom stereocenters. The van der Waals surface area contributed by atoms with Crippen molar-refractivity contribution in [2.45, 2.75) is 20.4 Å². The van der Waals surface area contributed by atoms with E-state index in [9.17, 15) is 5.26 Å². The maximum atomic E-state index is 9.30. The van der Waals surface area contributed by atoms with Crippen LogP contribution in [0.3, 0.4) is 0 Å². The van der Waals surface area contributed by atoms with Gasteiger partial charge in [-0.3, -0.25) is 5.41 Å². The summed E-state index contributed by atoms with van der Waals surface area (Å²) >= 11 is 0. The summed E-state index contributed by atoms with van der Waals surface area (Å²) in [5.41, 5.74) is 18.6. The lowest BCUT2D eigenvalue weighted by Gasteiger charge is -2.13. The number of nitrogens with zero attached hydrogens (tertiary/aromatic N) is 2. The Bertz CT molecular complexity index is 1230. The summed E-state index contributed by atoms with van der Waals surface area (Å²) in [4.78, 5) is 4.49. The van der Waals surface area contributed by atoms with E-state index in [1.165, 1.54) is 5.56 Å². The smallest absolute Gasteiger partial charge is 0.134 e. The first-order valence-electron chi connectivity index (χ1n) is 10.7. The van der Waals surface area contributed by atoms with Crippen molar-refractivity contribution in [3.8, 4) is 17.2 Å². The molecular formula is C27H28N6. The third-order valence-electron chi connectivity index (χ3n) is 5.33. The number of nitriles is 1. The monoisotopic (exact) mass is 436 g/mol. The van der Waals surface area contributed by atoms with Crippen LogP contribution in [-0.2, 0) is 6.54 Å². The molecule has 6 heteroatoms. The third kappa shape index (κ3) is 5.94. The van der Waals surface area contributed by atoms with Gasteiger partial charge in [-0.05, 0) is 48.3 Å². The van der Waals surface area contributed by atoms with Crippen LogP contribution < -0.4 is 16.8 Å². The molecule has 0 bridgehead atoms. The molecule has 0 aliphatic heterocycles. The summed E-state index contributed by atoms with van der Waals surface area (Å²) in [5, 5.41) is 20.3. The van der Waals surface area contributed by atoms with E-state index >= 15 is 0 Å². The molecular weight excluding hydrogens is 408 g/mol. The lowest BCUT2D eigenvalue weighted by atomic mass is 10.0. The highest BCUT2D eigenvalue weighted by Crippen LogP contribution is 2.28. The summed E-state index contributed by atoms with van der Waals surface area (Å²) in [6.45, 7) is 4.79. The summed E-state index contributed by atoms with van der Waals surface area (Å²) in [5.74, 6) is 0.713. The molecule has 0 fully saturated rings. The minimum Gasteiger partial charge on any atom is -0.384 e. The Morgan fingerprint density at radius 1 is 1.15 bits per heavy atom. The predicted octanol–water partition coefficient (Wildman–Crippen LogP) is 4.77. The van der Waals surface area contributed by atoms with Crippen molar-refractivity contribution in [1.82, 2.24) is 4.98 Å². The number of anilines is 1. The van der Waals surface area contributed by atoms with E-state index in [-0.39, 0.29) is 12.4 Å². The van der Waals surface area contributed by atoms with Crippen LogP contribution in [0.15, 0.2) is 78.5 Å². The molecule has 0 aliphatic carbocycles. The molecule has 0 radical (unpaired) electrons. The van der Waals surface area contributed by atoms with Crippen molar-refractivity contribution >= 4 is 17.2 Å². The highest BCUT2D eigenvalue weighted by Gasteiger charge is 2.09. The molecule has 0 saturated carbocycles. The van der Waals surface area contributed by atoms with Gasteiger partial charge in [-0.1, -0.05) is 60.2 Å². The lowest BCUT2D eigenvalue weighted by molar-refractivity contribution is 1.11. The fraction of sp³-hybridized carbons (Fsp3) is 0.148. The average Bonchev–Trinajstić information content (AvgIpc) is 2.84. The van der Waals surface area contributed by atoms with Crippen molar-refractivity contribution in [1.29, 1.82) is 10.7 Å². The third-order valence-corrected chi connectivity index (χ3v) is 5.33. The average molecular weight is 437 g/mol. The van der Waals surface area contributed by atoms with Gasteiger partial charge in [0.1, 0.15) is 17.7 Å². The number of amidine groups is 1. The Morgan fingerprint density at radius 3 is 2.42 bits per heavy atom. The largest absolute Gasteiger partial charge is 0.384 e. The van der Waals surface area contributed by atoms with E-state index in [1.807, 2.05) is 80.6 Å². The van der Waals surface area contributed by atoms with Gasteiger partial charge in [0.15, 0.2) is 0 Å². The van der Waals surface area contributed by atoms with Crippen LogP contribution in [0.5, 0.6) is 0 Å². The maximum Gasteiger partial charge on any atom is 0.134 e. The second kappa shape index (κ2) is 10.9. The quantitative estimate of drug-likeness (QED) is 0.230. The molecule has 3 rings (SSSR count). The van der Waals surface area contributed by atoms with Crippen molar-refractivity contribution in [2.24, 2.45) is 11.5 Å². The number of aryl methyl sites for hydroxylation is 1. The van der Waals surface area contributed by atoms with Crippen LogP contribution in [0.4, 0.5) is 5.82 Å². The zero-order valence-electron chi connectivity index (χ0n) is 18.9. The van der Waals surface area contributed by atoms with Crippen LogP contribution in [0, 0.1) is 23.7 Å². The van der Waals surface area contributed by atoms with Gasteiger partial charge in [0.25, 0.3) is 0 Å². The van der Waals surface area contributed by atoms with Crippen LogP contribution in [0.2, 0.25) is 0 Å². The minimum absolute atomic E-state index is 0.0167. The van der Waals surface area contributed by atoms with Gasteiger partial charge in [-0.25, -0.2) is 4.98 Å². The molecule has 0 aliphatic rings. The normalized spacial score (nSPS) is 11.7. The van der Waals surface area contributed by atoms with E-state index in [1.54, 1.807) is 6.20 Å². The molecule has 2 aromatic carbocycles. The SMILES string of the molecule is C/C=C(\C=C(/CN)C(=N)N)c1ccc(CNc2ncc(C#N)cc2-c2ccc(C)cc2)cc1. The number of benzene rings is 2. The number of nitrogens with one attached hydrogen (secondary N) is 2. The lowest BCUT2D eigenvalue weighted by Crippen LogP contribution is -2.19. The zero-order chi connectivity index (χ0) is 23.8. The first-order chi connectivity index (χ1) is 15.9. The highest BCUT2D eigenvalue weighted by atomic mass is 15.0. The first-order valence-corrected chi connectivity index (χ1v) is 10.7. The molecule has 6 nitrogen and oxygen atoms in total. The van der Waals surface area contributed by atoms with Crippen LogP contribution in [0.1, 0.15) is 29.2 Å². The van der Waals surface area contributed by atoms with Crippen LogP contribution in [0.25, 0.3) is 16.7 Å². The van der Waals surface area contributed by atoms with Gasteiger partial charge in [0.2, 0.25) is 0 Å². The van der Waals surface area contributed by atoms with Gasteiger partial charge in [-0.15, -0.1) is 0 Å². The fourth-order valence-electron chi connectivity index (χ4n) is 3.39. The number of allylic oxidation sites excluding steroid dienone is 3.